The van der Waals surface area contributed by atoms with Crippen LogP contribution < -0.4 is 5.73 Å². The summed E-state index contributed by atoms with van der Waals surface area (Å²) in [7, 11) is 0. The number of aliphatic hydroxyl groups is 1. The van der Waals surface area contributed by atoms with E-state index in [4.69, 9.17) is 5.73 Å². The molecule has 3 nitrogen and oxygen atoms in total. The van der Waals surface area contributed by atoms with Gasteiger partial charge in [0.2, 0.25) is 0 Å². The first-order chi connectivity index (χ1) is 11.0. The summed E-state index contributed by atoms with van der Waals surface area (Å²) in [6.45, 7) is 8.12. The Morgan fingerprint density at radius 1 is 1.09 bits per heavy atom. The quantitative estimate of drug-likeness (QED) is 0.762. The minimum atomic E-state index is -0.477. The van der Waals surface area contributed by atoms with E-state index in [0.29, 0.717) is 12.5 Å². The summed E-state index contributed by atoms with van der Waals surface area (Å²) in [5, 5.41) is 10.5. The molecule has 1 atom stereocenters. The molecule has 0 fully saturated rings. The van der Waals surface area contributed by atoms with E-state index < -0.39 is 6.10 Å². The van der Waals surface area contributed by atoms with Gasteiger partial charge in [-0.05, 0) is 49.9 Å². The first-order valence-corrected chi connectivity index (χ1v) is 8.29. The van der Waals surface area contributed by atoms with Gasteiger partial charge in [0.05, 0.1) is 6.10 Å². The Kier molecular flexibility index (Phi) is 6.20. The van der Waals surface area contributed by atoms with Gasteiger partial charge in [-0.15, -0.1) is 0 Å². The maximum absolute atomic E-state index is 10.5. The van der Waals surface area contributed by atoms with E-state index in [9.17, 15) is 5.11 Å². The summed E-state index contributed by atoms with van der Waals surface area (Å²) < 4.78 is 0. The van der Waals surface area contributed by atoms with Crippen molar-refractivity contribution < 1.29 is 5.11 Å². The number of aliphatic hydroxyl groups excluding tert-OH is 1. The average molecular weight is 312 g/mol. The monoisotopic (exact) mass is 312 g/mol. The number of rotatable bonds is 7. The van der Waals surface area contributed by atoms with Gasteiger partial charge < -0.3 is 10.8 Å². The van der Waals surface area contributed by atoms with Crippen LogP contribution in [0.5, 0.6) is 0 Å². The van der Waals surface area contributed by atoms with E-state index in [-0.39, 0.29) is 0 Å². The van der Waals surface area contributed by atoms with Crippen molar-refractivity contribution in [3.05, 3.63) is 65.2 Å². The van der Waals surface area contributed by atoms with Crippen LogP contribution in [0.4, 0.5) is 5.69 Å². The maximum Gasteiger partial charge on any atom is 0.0803 e. The first-order valence-electron chi connectivity index (χ1n) is 8.29. The van der Waals surface area contributed by atoms with Crippen LogP contribution in [0, 0.1) is 6.92 Å². The smallest absolute Gasteiger partial charge is 0.0803 e. The van der Waals surface area contributed by atoms with E-state index in [1.165, 1.54) is 5.56 Å². The van der Waals surface area contributed by atoms with Crippen molar-refractivity contribution in [3.8, 4) is 0 Å². The molecule has 0 saturated heterocycles. The van der Waals surface area contributed by atoms with Gasteiger partial charge in [0.25, 0.3) is 0 Å². The van der Waals surface area contributed by atoms with Gasteiger partial charge in [0, 0.05) is 24.8 Å². The topological polar surface area (TPSA) is 49.5 Å². The fraction of sp³-hybridized carbons (Fsp3) is 0.400. The van der Waals surface area contributed by atoms with Crippen molar-refractivity contribution in [2.45, 2.75) is 45.9 Å². The highest BCUT2D eigenvalue weighted by Gasteiger charge is 2.14. The van der Waals surface area contributed by atoms with E-state index in [2.05, 4.69) is 43.0 Å². The third kappa shape index (κ3) is 5.08. The van der Waals surface area contributed by atoms with Gasteiger partial charge in [0.15, 0.2) is 0 Å². The third-order valence-electron chi connectivity index (χ3n) is 4.34. The number of anilines is 1. The second kappa shape index (κ2) is 8.14. The van der Waals surface area contributed by atoms with Crippen LogP contribution in [-0.4, -0.2) is 22.6 Å². The van der Waals surface area contributed by atoms with Crippen LogP contribution in [0.25, 0.3) is 0 Å². The van der Waals surface area contributed by atoms with E-state index in [1.807, 2.05) is 31.2 Å². The highest BCUT2D eigenvalue weighted by Crippen LogP contribution is 2.22. The Morgan fingerprint density at radius 3 is 2.39 bits per heavy atom. The standard InChI is InChI=1S/C20H28N2O/c1-15(2)22(14-17-7-5-4-6-8-17)12-11-20(23)18-10-9-16(3)19(21)13-18/h4-10,13,15,20,23H,11-12,14,21H2,1-3H3. The molecule has 0 amide bonds. The molecule has 23 heavy (non-hydrogen) atoms. The zero-order valence-corrected chi connectivity index (χ0v) is 14.4. The van der Waals surface area contributed by atoms with Gasteiger partial charge in [-0.2, -0.15) is 0 Å². The molecule has 0 radical (unpaired) electrons. The first kappa shape index (κ1) is 17.5. The molecule has 0 aromatic heterocycles. The van der Waals surface area contributed by atoms with E-state index in [0.717, 1.165) is 29.9 Å². The molecule has 2 aromatic rings. The fourth-order valence-corrected chi connectivity index (χ4v) is 2.66. The zero-order valence-electron chi connectivity index (χ0n) is 14.4. The van der Waals surface area contributed by atoms with Crippen molar-refractivity contribution in [2.75, 3.05) is 12.3 Å². The molecule has 0 bridgehead atoms. The lowest BCUT2D eigenvalue weighted by Gasteiger charge is -2.27. The Bertz CT molecular complexity index is 610. The molecular weight excluding hydrogens is 284 g/mol. The predicted molar refractivity (Wildman–Crippen MR) is 97.2 cm³/mol. The Labute approximate surface area is 139 Å². The number of nitrogen functional groups attached to an aromatic ring is 1. The predicted octanol–water partition coefficient (Wildman–Crippen LogP) is 3.91. The van der Waals surface area contributed by atoms with Gasteiger partial charge in [-0.3, -0.25) is 4.90 Å². The molecule has 0 heterocycles. The fourth-order valence-electron chi connectivity index (χ4n) is 2.66. The molecule has 2 aromatic carbocycles. The summed E-state index contributed by atoms with van der Waals surface area (Å²) >= 11 is 0. The number of nitrogens with two attached hydrogens (primary N) is 1. The maximum atomic E-state index is 10.5. The molecule has 2 rings (SSSR count). The van der Waals surface area contributed by atoms with Crippen LogP contribution in [0.15, 0.2) is 48.5 Å². The average Bonchev–Trinajstić information content (AvgIpc) is 2.54. The number of hydrogen-bond donors (Lipinski definition) is 2. The van der Waals surface area contributed by atoms with Crippen LogP contribution in [0.2, 0.25) is 0 Å². The molecule has 3 heteroatoms. The summed E-state index contributed by atoms with van der Waals surface area (Å²) in [6.07, 6.45) is 0.225. The van der Waals surface area contributed by atoms with Gasteiger partial charge in [-0.1, -0.05) is 42.5 Å². The molecule has 0 spiro atoms. The highest BCUT2D eigenvalue weighted by molar-refractivity contribution is 5.48. The zero-order chi connectivity index (χ0) is 16.8. The molecule has 124 valence electrons. The second-order valence-electron chi connectivity index (χ2n) is 6.47. The van der Waals surface area contributed by atoms with Crippen LogP contribution >= 0.6 is 0 Å². The highest BCUT2D eigenvalue weighted by atomic mass is 16.3. The van der Waals surface area contributed by atoms with Crippen molar-refractivity contribution >= 4 is 5.69 Å². The summed E-state index contributed by atoms with van der Waals surface area (Å²) in [5.41, 5.74) is 9.94. The molecule has 0 aliphatic carbocycles. The Morgan fingerprint density at radius 2 is 1.78 bits per heavy atom. The number of benzene rings is 2. The molecule has 0 saturated carbocycles. The largest absolute Gasteiger partial charge is 0.399 e. The summed E-state index contributed by atoms with van der Waals surface area (Å²) in [4.78, 5) is 2.39. The number of hydrogen-bond acceptors (Lipinski definition) is 3. The van der Waals surface area contributed by atoms with E-state index >= 15 is 0 Å². The minimum Gasteiger partial charge on any atom is -0.399 e. The van der Waals surface area contributed by atoms with Crippen molar-refractivity contribution in [1.82, 2.24) is 4.90 Å². The SMILES string of the molecule is Cc1ccc(C(O)CCN(Cc2ccccc2)C(C)C)cc1N. The molecule has 0 aliphatic rings. The van der Waals surface area contributed by atoms with Crippen molar-refractivity contribution in [3.63, 3.8) is 0 Å². The number of aryl methyl sites for hydroxylation is 1. The lowest BCUT2D eigenvalue weighted by molar-refractivity contribution is 0.127. The van der Waals surface area contributed by atoms with Crippen LogP contribution in [0.1, 0.15) is 43.1 Å². The molecule has 3 N–H and O–H groups in total. The van der Waals surface area contributed by atoms with E-state index in [1.54, 1.807) is 0 Å². The van der Waals surface area contributed by atoms with Crippen LogP contribution in [-0.2, 0) is 6.54 Å². The third-order valence-corrected chi connectivity index (χ3v) is 4.34. The second-order valence-corrected chi connectivity index (χ2v) is 6.47. The molecule has 0 aliphatic heterocycles. The Hall–Kier alpha value is -1.84. The van der Waals surface area contributed by atoms with Crippen molar-refractivity contribution in [1.29, 1.82) is 0 Å². The lowest BCUT2D eigenvalue weighted by Crippen LogP contribution is -2.32. The lowest BCUT2D eigenvalue weighted by atomic mass is 10.0. The number of nitrogens with zero attached hydrogens (tertiary/aromatic N) is 1. The normalized spacial score (nSPS) is 12.8. The molecular formula is C20H28N2O. The van der Waals surface area contributed by atoms with Gasteiger partial charge in [-0.25, -0.2) is 0 Å². The summed E-state index contributed by atoms with van der Waals surface area (Å²) in [6, 6.07) is 16.7. The van der Waals surface area contributed by atoms with Crippen molar-refractivity contribution in [2.24, 2.45) is 0 Å². The Balaban J connectivity index is 1.96. The molecule has 1 unspecified atom stereocenters. The van der Waals surface area contributed by atoms with Gasteiger partial charge in [0.1, 0.15) is 0 Å². The minimum absolute atomic E-state index is 0.436. The van der Waals surface area contributed by atoms with Crippen LogP contribution in [0.3, 0.4) is 0 Å². The van der Waals surface area contributed by atoms with Gasteiger partial charge >= 0.3 is 0 Å². The summed E-state index contributed by atoms with van der Waals surface area (Å²) in [5.74, 6) is 0.